The highest BCUT2D eigenvalue weighted by Crippen LogP contribution is 2.55. The van der Waals surface area contributed by atoms with Crippen LogP contribution in [-0.4, -0.2) is 40.9 Å². The van der Waals surface area contributed by atoms with Crippen molar-refractivity contribution in [3.05, 3.63) is 48.5 Å². The standard InChI is InChI=1S/C29H38N3O5P/c1-6-20(3)16-34-27-30-28(35-17-21(4)7-2)32-29(31-27)36-18-22(5)19-38(33)26-15-11-9-13-24(26)23-12-8-10-14-25(23)37-38/h8-15,20-22H,6-7,16-19H2,1-5H3. The van der Waals surface area contributed by atoms with Crippen LogP contribution in [-0.2, 0) is 4.57 Å². The topological polar surface area (TPSA) is 92.7 Å². The number of rotatable bonds is 13. The number of para-hydroxylation sites is 1. The van der Waals surface area contributed by atoms with Crippen LogP contribution in [0, 0.1) is 17.8 Å². The molecule has 2 aromatic carbocycles. The van der Waals surface area contributed by atoms with Crippen LogP contribution in [0.1, 0.15) is 47.5 Å². The number of ether oxygens (including phenoxy) is 3. The van der Waals surface area contributed by atoms with Gasteiger partial charge in [-0.1, -0.05) is 83.9 Å². The van der Waals surface area contributed by atoms with Gasteiger partial charge in [-0.25, -0.2) is 0 Å². The van der Waals surface area contributed by atoms with Crippen molar-refractivity contribution in [2.75, 3.05) is 26.0 Å². The second-order valence-corrected chi connectivity index (χ2v) is 12.6. The second-order valence-electron chi connectivity index (χ2n) is 10.2. The van der Waals surface area contributed by atoms with Gasteiger partial charge in [-0.2, -0.15) is 0 Å². The van der Waals surface area contributed by atoms with Gasteiger partial charge in [-0.05, 0) is 29.5 Å². The third-order valence-corrected chi connectivity index (χ3v) is 9.42. The van der Waals surface area contributed by atoms with Gasteiger partial charge in [0.05, 0.1) is 25.1 Å². The van der Waals surface area contributed by atoms with Crippen molar-refractivity contribution in [2.45, 2.75) is 47.5 Å². The van der Waals surface area contributed by atoms with E-state index in [9.17, 15) is 4.57 Å². The van der Waals surface area contributed by atoms with E-state index in [-0.39, 0.29) is 30.6 Å². The van der Waals surface area contributed by atoms with Gasteiger partial charge in [-0.15, -0.1) is 15.0 Å². The van der Waals surface area contributed by atoms with E-state index >= 15 is 0 Å². The van der Waals surface area contributed by atoms with Crippen LogP contribution >= 0.6 is 7.37 Å². The monoisotopic (exact) mass is 539 g/mol. The van der Waals surface area contributed by atoms with Crippen LogP contribution in [0.4, 0.5) is 0 Å². The number of fused-ring (bicyclic) bond motifs is 3. The summed E-state index contributed by atoms with van der Waals surface area (Å²) in [4.78, 5) is 13.0. The van der Waals surface area contributed by atoms with Gasteiger partial charge >= 0.3 is 18.0 Å². The molecule has 0 spiro atoms. The molecular formula is C29H38N3O5P. The lowest BCUT2D eigenvalue weighted by Crippen LogP contribution is -2.24. The highest BCUT2D eigenvalue weighted by Gasteiger charge is 2.37. The molecule has 0 amide bonds. The van der Waals surface area contributed by atoms with Gasteiger partial charge in [0, 0.05) is 17.6 Å². The summed E-state index contributed by atoms with van der Waals surface area (Å²) < 4.78 is 37.9. The van der Waals surface area contributed by atoms with E-state index in [4.69, 9.17) is 18.7 Å². The SMILES string of the molecule is CCC(C)COc1nc(OCC(C)CC)nc(OCC(C)CP2(=O)Oc3ccccc3-c3ccccc32)n1. The van der Waals surface area contributed by atoms with E-state index < -0.39 is 7.37 Å². The van der Waals surface area contributed by atoms with Crippen molar-refractivity contribution in [3.63, 3.8) is 0 Å². The lowest BCUT2D eigenvalue weighted by Gasteiger charge is -2.30. The molecule has 0 saturated carbocycles. The predicted molar refractivity (Wildman–Crippen MR) is 149 cm³/mol. The van der Waals surface area contributed by atoms with Crippen molar-refractivity contribution in [3.8, 4) is 34.9 Å². The molecule has 4 atom stereocenters. The predicted octanol–water partition coefficient (Wildman–Crippen LogP) is 6.40. The van der Waals surface area contributed by atoms with Crippen molar-refractivity contribution < 1.29 is 23.3 Å². The van der Waals surface area contributed by atoms with Gasteiger partial charge < -0.3 is 18.7 Å². The van der Waals surface area contributed by atoms with Crippen LogP contribution < -0.4 is 24.0 Å². The third kappa shape index (κ3) is 6.84. The zero-order valence-corrected chi connectivity index (χ0v) is 23.8. The minimum Gasteiger partial charge on any atom is -0.463 e. The molecule has 1 aliphatic heterocycles. The van der Waals surface area contributed by atoms with Crippen molar-refractivity contribution in [1.29, 1.82) is 0 Å². The maximum atomic E-state index is 14.1. The van der Waals surface area contributed by atoms with Gasteiger partial charge in [0.2, 0.25) is 0 Å². The van der Waals surface area contributed by atoms with E-state index in [1.165, 1.54) is 0 Å². The van der Waals surface area contributed by atoms with Crippen molar-refractivity contribution in [1.82, 2.24) is 15.0 Å². The average molecular weight is 540 g/mol. The molecule has 0 bridgehead atoms. The first-order valence-corrected chi connectivity index (χ1v) is 15.2. The van der Waals surface area contributed by atoms with Crippen LogP contribution in [0.25, 0.3) is 11.1 Å². The molecule has 3 aromatic rings. The fourth-order valence-electron chi connectivity index (χ4n) is 3.97. The summed E-state index contributed by atoms with van der Waals surface area (Å²) >= 11 is 0. The highest BCUT2D eigenvalue weighted by molar-refractivity contribution is 7.67. The number of nitrogens with zero attached hydrogens (tertiary/aromatic N) is 3. The Balaban J connectivity index is 1.47. The molecule has 9 heteroatoms. The molecule has 1 aliphatic rings. The van der Waals surface area contributed by atoms with Crippen molar-refractivity contribution >= 4 is 12.7 Å². The normalized spacial score (nSPS) is 18.3. The molecule has 0 N–H and O–H groups in total. The van der Waals surface area contributed by atoms with Gasteiger partial charge in [-0.3, -0.25) is 4.57 Å². The second kappa shape index (κ2) is 12.6. The van der Waals surface area contributed by atoms with E-state index in [1.807, 2.05) is 55.5 Å². The number of aromatic nitrogens is 3. The van der Waals surface area contributed by atoms with Crippen LogP contribution in [0.3, 0.4) is 0 Å². The quantitative estimate of drug-likeness (QED) is 0.231. The Morgan fingerprint density at radius 2 is 1.18 bits per heavy atom. The summed E-state index contributed by atoms with van der Waals surface area (Å²) in [6, 6.07) is 15.9. The van der Waals surface area contributed by atoms with E-state index in [1.54, 1.807) is 0 Å². The maximum Gasteiger partial charge on any atom is 0.325 e. The number of hydrogen-bond acceptors (Lipinski definition) is 8. The fourth-order valence-corrected chi connectivity index (χ4v) is 6.62. The summed E-state index contributed by atoms with van der Waals surface area (Å²) in [5, 5.41) is 0.743. The Kier molecular flexibility index (Phi) is 9.26. The Hall–Kier alpha value is -3.12. The first-order chi connectivity index (χ1) is 18.3. The number of hydrogen-bond donors (Lipinski definition) is 0. The Morgan fingerprint density at radius 1 is 0.711 bits per heavy atom. The zero-order valence-electron chi connectivity index (χ0n) is 22.9. The van der Waals surface area contributed by atoms with Gasteiger partial charge in [0.15, 0.2) is 0 Å². The Morgan fingerprint density at radius 3 is 1.74 bits per heavy atom. The molecule has 0 fully saturated rings. The van der Waals surface area contributed by atoms with Crippen molar-refractivity contribution in [2.24, 2.45) is 17.8 Å². The molecule has 2 heterocycles. The fraction of sp³-hybridized carbons (Fsp3) is 0.483. The molecule has 0 radical (unpaired) electrons. The molecule has 4 rings (SSSR count). The van der Waals surface area contributed by atoms with E-state index in [0.29, 0.717) is 37.0 Å². The summed E-state index contributed by atoms with van der Waals surface area (Å²) in [5.41, 5.74) is 1.91. The summed E-state index contributed by atoms with van der Waals surface area (Å²) in [7, 11) is -3.17. The molecule has 204 valence electrons. The summed E-state index contributed by atoms with van der Waals surface area (Å²) in [6.07, 6.45) is 2.29. The third-order valence-electron chi connectivity index (χ3n) is 6.70. The minimum absolute atomic E-state index is 0.107. The molecular weight excluding hydrogens is 501 g/mol. The first-order valence-electron chi connectivity index (χ1n) is 13.4. The average Bonchev–Trinajstić information content (AvgIpc) is 2.93. The molecule has 0 saturated heterocycles. The lowest BCUT2D eigenvalue weighted by molar-refractivity contribution is 0.195. The molecule has 38 heavy (non-hydrogen) atoms. The van der Waals surface area contributed by atoms with Gasteiger partial charge in [0.25, 0.3) is 7.37 Å². The van der Waals surface area contributed by atoms with Crippen LogP contribution in [0.2, 0.25) is 0 Å². The molecule has 0 aliphatic carbocycles. The largest absolute Gasteiger partial charge is 0.463 e. The smallest absolute Gasteiger partial charge is 0.325 e. The Bertz CT molecular complexity index is 1240. The molecule has 4 unspecified atom stereocenters. The zero-order chi connectivity index (χ0) is 27.1. The van der Waals surface area contributed by atoms with E-state index in [2.05, 4.69) is 42.6 Å². The summed E-state index contributed by atoms with van der Waals surface area (Å²) in [6.45, 7) is 11.6. The molecule has 1 aromatic heterocycles. The van der Waals surface area contributed by atoms with Crippen LogP contribution in [0.15, 0.2) is 48.5 Å². The first kappa shape index (κ1) is 27.9. The summed E-state index contributed by atoms with van der Waals surface area (Å²) in [5.74, 6) is 1.26. The number of benzene rings is 2. The van der Waals surface area contributed by atoms with Gasteiger partial charge in [0.1, 0.15) is 5.75 Å². The lowest BCUT2D eigenvalue weighted by atomic mass is 10.0. The molecule has 8 nitrogen and oxygen atoms in total. The van der Waals surface area contributed by atoms with E-state index in [0.717, 1.165) is 29.3 Å². The maximum absolute atomic E-state index is 14.1. The Labute approximate surface area is 225 Å². The van der Waals surface area contributed by atoms with Crippen LogP contribution in [0.5, 0.6) is 23.8 Å². The minimum atomic E-state index is -3.17. The highest BCUT2D eigenvalue weighted by atomic mass is 31.2.